The molecule has 0 radical (unpaired) electrons. The molecule has 1 aliphatic heterocycles. The van der Waals surface area contributed by atoms with Crippen LogP contribution in [-0.4, -0.2) is 24.6 Å². The molecule has 0 unspecified atom stereocenters. The van der Waals surface area contributed by atoms with Crippen molar-refractivity contribution in [3.8, 4) is 0 Å². The number of anilines is 1. The molecule has 19 heavy (non-hydrogen) atoms. The molecule has 3 nitrogen and oxygen atoms in total. The number of hydrogen-bond acceptors (Lipinski definition) is 3. The van der Waals surface area contributed by atoms with E-state index in [1.54, 1.807) is 0 Å². The molecule has 4 heteroatoms. The Kier molecular flexibility index (Phi) is 5.23. The van der Waals surface area contributed by atoms with Gasteiger partial charge in [0, 0.05) is 19.6 Å². The molecule has 0 saturated heterocycles. The van der Waals surface area contributed by atoms with Crippen LogP contribution in [0.25, 0.3) is 0 Å². The molecule has 1 aromatic rings. The summed E-state index contributed by atoms with van der Waals surface area (Å²) in [6, 6.07) is 3.98. The first-order chi connectivity index (χ1) is 9.20. The van der Waals surface area contributed by atoms with Crippen LogP contribution in [0.2, 0.25) is 5.02 Å². The number of nitrogens with one attached hydrogen (secondary N) is 1. The monoisotopic (exact) mass is 279 g/mol. The zero-order valence-corrected chi connectivity index (χ0v) is 12.5. The van der Waals surface area contributed by atoms with E-state index < -0.39 is 0 Å². The van der Waals surface area contributed by atoms with Crippen molar-refractivity contribution in [2.24, 2.45) is 0 Å². The van der Waals surface area contributed by atoms with E-state index in [4.69, 9.17) is 16.6 Å². The molecule has 0 aliphatic carbocycles. The van der Waals surface area contributed by atoms with Crippen LogP contribution in [0.5, 0.6) is 0 Å². The quantitative estimate of drug-likeness (QED) is 0.661. The minimum absolute atomic E-state index is 0.739. The fraction of sp³-hybridized carbons (Fsp3) is 0.533. The Morgan fingerprint density at radius 1 is 1.42 bits per heavy atom. The Hall–Kier alpha value is -1.06. The normalized spacial score (nSPS) is 15.5. The van der Waals surface area contributed by atoms with Crippen LogP contribution < -0.4 is 10.2 Å². The predicted molar refractivity (Wildman–Crippen MR) is 81.8 cm³/mol. The van der Waals surface area contributed by atoms with Crippen molar-refractivity contribution in [3.63, 3.8) is 0 Å². The van der Waals surface area contributed by atoms with Gasteiger partial charge in [0.2, 0.25) is 0 Å². The van der Waals surface area contributed by atoms with E-state index in [0.717, 1.165) is 55.6 Å². The summed E-state index contributed by atoms with van der Waals surface area (Å²) in [5, 5.41) is 4.10. The maximum atomic E-state index is 6.21. The van der Waals surface area contributed by atoms with Crippen LogP contribution in [0.15, 0.2) is 23.8 Å². The minimum atomic E-state index is 0.739. The number of pyridine rings is 1. The van der Waals surface area contributed by atoms with Gasteiger partial charge in [0.15, 0.2) is 0 Å². The van der Waals surface area contributed by atoms with Crippen molar-refractivity contribution in [1.29, 1.82) is 0 Å². The lowest BCUT2D eigenvalue weighted by Gasteiger charge is -2.27. The van der Waals surface area contributed by atoms with Crippen molar-refractivity contribution in [1.82, 2.24) is 10.3 Å². The standard InChI is InChI=1S/C15H22ClN3/c1-3-8-17-10-14-13(16)6-7-15(18-14)19-9-4-5-12(2)11-19/h5-7,17H,3-4,8-11H2,1-2H3. The molecule has 0 aromatic carbocycles. The molecule has 1 N–H and O–H groups in total. The maximum absolute atomic E-state index is 6.21. The molecule has 104 valence electrons. The third-order valence-electron chi connectivity index (χ3n) is 3.28. The summed E-state index contributed by atoms with van der Waals surface area (Å²) < 4.78 is 0. The molecule has 1 aromatic heterocycles. The Morgan fingerprint density at radius 2 is 2.26 bits per heavy atom. The van der Waals surface area contributed by atoms with Crippen molar-refractivity contribution < 1.29 is 0 Å². The Balaban J connectivity index is 2.09. The molecule has 0 fully saturated rings. The molecule has 0 amide bonds. The average Bonchev–Trinajstić information content (AvgIpc) is 2.41. The number of aromatic nitrogens is 1. The van der Waals surface area contributed by atoms with Gasteiger partial charge in [0.25, 0.3) is 0 Å². The zero-order chi connectivity index (χ0) is 13.7. The van der Waals surface area contributed by atoms with E-state index >= 15 is 0 Å². The molecular weight excluding hydrogens is 258 g/mol. The second-order valence-corrected chi connectivity index (χ2v) is 5.44. The molecule has 0 spiro atoms. The zero-order valence-electron chi connectivity index (χ0n) is 11.7. The molecule has 1 aliphatic rings. The minimum Gasteiger partial charge on any atom is -0.352 e. The van der Waals surface area contributed by atoms with E-state index in [1.165, 1.54) is 5.57 Å². The first kappa shape index (κ1) is 14.4. The third-order valence-corrected chi connectivity index (χ3v) is 3.62. The summed E-state index contributed by atoms with van der Waals surface area (Å²) in [4.78, 5) is 7.02. The highest BCUT2D eigenvalue weighted by Crippen LogP contribution is 2.22. The summed E-state index contributed by atoms with van der Waals surface area (Å²) in [7, 11) is 0. The van der Waals surface area contributed by atoms with E-state index in [9.17, 15) is 0 Å². The van der Waals surface area contributed by atoms with Crippen LogP contribution in [0, 0.1) is 0 Å². The summed E-state index contributed by atoms with van der Waals surface area (Å²) in [6.45, 7) is 8.06. The maximum Gasteiger partial charge on any atom is 0.129 e. The van der Waals surface area contributed by atoms with Crippen LogP contribution in [-0.2, 0) is 6.54 Å². The fourth-order valence-electron chi connectivity index (χ4n) is 2.26. The van der Waals surface area contributed by atoms with Crippen LogP contribution in [0.3, 0.4) is 0 Å². The average molecular weight is 280 g/mol. The number of rotatable bonds is 5. The van der Waals surface area contributed by atoms with Crippen molar-refractivity contribution in [2.45, 2.75) is 33.2 Å². The van der Waals surface area contributed by atoms with E-state index in [-0.39, 0.29) is 0 Å². The van der Waals surface area contributed by atoms with Crippen molar-refractivity contribution in [2.75, 3.05) is 24.5 Å². The summed E-state index contributed by atoms with van der Waals surface area (Å²) in [6.07, 6.45) is 4.52. The fourth-order valence-corrected chi connectivity index (χ4v) is 2.44. The SMILES string of the molecule is CCCNCc1nc(N2CCC=C(C)C2)ccc1Cl. The molecule has 2 heterocycles. The van der Waals surface area contributed by atoms with Gasteiger partial charge in [0.1, 0.15) is 5.82 Å². The smallest absolute Gasteiger partial charge is 0.129 e. The van der Waals surface area contributed by atoms with Gasteiger partial charge in [-0.2, -0.15) is 0 Å². The third kappa shape index (κ3) is 3.95. The molecular formula is C15H22ClN3. The van der Waals surface area contributed by atoms with Crippen molar-refractivity contribution >= 4 is 17.4 Å². The van der Waals surface area contributed by atoms with Gasteiger partial charge >= 0.3 is 0 Å². The molecule has 0 atom stereocenters. The summed E-state index contributed by atoms with van der Waals surface area (Å²) in [5.74, 6) is 1.03. The summed E-state index contributed by atoms with van der Waals surface area (Å²) >= 11 is 6.21. The molecule has 2 rings (SSSR count). The first-order valence-corrected chi connectivity index (χ1v) is 7.35. The highest BCUT2D eigenvalue weighted by Gasteiger charge is 2.13. The Bertz CT molecular complexity index is 457. The van der Waals surface area contributed by atoms with Gasteiger partial charge in [-0.25, -0.2) is 4.98 Å². The van der Waals surface area contributed by atoms with Crippen LogP contribution in [0.4, 0.5) is 5.82 Å². The first-order valence-electron chi connectivity index (χ1n) is 6.97. The van der Waals surface area contributed by atoms with E-state index in [2.05, 4.69) is 30.1 Å². The summed E-state index contributed by atoms with van der Waals surface area (Å²) in [5.41, 5.74) is 2.36. The number of halogens is 1. The van der Waals surface area contributed by atoms with Crippen LogP contribution >= 0.6 is 11.6 Å². The molecule has 0 saturated carbocycles. The topological polar surface area (TPSA) is 28.2 Å². The van der Waals surface area contributed by atoms with Crippen molar-refractivity contribution in [3.05, 3.63) is 34.5 Å². The Labute approximate surface area is 120 Å². The lowest BCUT2D eigenvalue weighted by Crippen LogP contribution is -2.30. The van der Waals surface area contributed by atoms with Gasteiger partial charge in [-0.05, 0) is 38.4 Å². The lowest BCUT2D eigenvalue weighted by atomic mass is 10.1. The van der Waals surface area contributed by atoms with E-state index in [1.807, 2.05) is 12.1 Å². The number of hydrogen-bond donors (Lipinski definition) is 1. The van der Waals surface area contributed by atoms with Gasteiger partial charge in [-0.1, -0.05) is 30.2 Å². The van der Waals surface area contributed by atoms with E-state index in [0.29, 0.717) is 0 Å². The highest BCUT2D eigenvalue weighted by atomic mass is 35.5. The van der Waals surface area contributed by atoms with Gasteiger partial charge in [0.05, 0.1) is 10.7 Å². The lowest BCUT2D eigenvalue weighted by molar-refractivity contribution is 0.662. The van der Waals surface area contributed by atoms with Gasteiger partial charge in [-0.15, -0.1) is 0 Å². The second kappa shape index (κ2) is 6.92. The Morgan fingerprint density at radius 3 is 3.00 bits per heavy atom. The number of nitrogens with zero attached hydrogens (tertiary/aromatic N) is 2. The largest absolute Gasteiger partial charge is 0.352 e. The predicted octanol–water partition coefficient (Wildman–Crippen LogP) is 3.39. The molecule has 0 bridgehead atoms. The van der Waals surface area contributed by atoms with Gasteiger partial charge < -0.3 is 10.2 Å². The second-order valence-electron chi connectivity index (χ2n) is 5.04. The highest BCUT2D eigenvalue weighted by molar-refractivity contribution is 6.31. The van der Waals surface area contributed by atoms with Crippen LogP contribution in [0.1, 0.15) is 32.4 Å². The van der Waals surface area contributed by atoms with Gasteiger partial charge in [-0.3, -0.25) is 0 Å².